The summed E-state index contributed by atoms with van der Waals surface area (Å²) in [5.41, 5.74) is 6.89. The Morgan fingerprint density at radius 2 is 1.83 bits per heavy atom. The van der Waals surface area contributed by atoms with Gasteiger partial charge in [0, 0.05) is 12.2 Å². The molecule has 6 nitrogen and oxygen atoms in total. The summed E-state index contributed by atoms with van der Waals surface area (Å²) in [5, 5.41) is 18.5. The van der Waals surface area contributed by atoms with Crippen molar-refractivity contribution in [3.8, 4) is 23.3 Å². The number of nitrogens with zero attached hydrogens (tertiary/aromatic N) is 2. The highest BCUT2D eigenvalue weighted by Crippen LogP contribution is 2.28. The number of anilines is 1. The van der Waals surface area contributed by atoms with E-state index in [4.69, 9.17) is 10.5 Å². The monoisotopic (exact) mass is 308 g/mol. The van der Waals surface area contributed by atoms with E-state index in [0.29, 0.717) is 18.8 Å². The van der Waals surface area contributed by atoms with Crippen molar-refractivity contribution in [2.75, 3.05) is 12.3 Å². The quantitative estimate of drug-likeness (QED) is 0.822. The van der Waals surface area contributed by atoms with Crippen molar-refractivity contribution >= 4 is 5.82 Å². The van der Waals surface area contributed by atoms with E-state index in [1.807, 2.05) is 31.2 Å². The zero-order chi connectivity index (χ0) is 16.8. The van der Waals surface area contributed by atoms with E-state index < -0.39 is 5.56 Å². The van der Waals surface area contributed by atoms with Gasteiger partial charge in [-0.3, -0.25) is 4.79 Å². The van der Waals surface area contributed by atoms with Crippen LogP contribution in [0.5, 0.6) is 0 Å². The van der Waals surface area contributed by atoms with Crippen LogP contribution in [-0.4, -0.2) is 11.6 Å². The normalized spacial score (nSPS) is 10.0. The zero-order valence-electron chi connectivity index (χ0n) is 12.7. The van der Waals surface area contributed by atoms with Crippen LogP contribution in [0.3, 0.4) is 0 Å². The lowest BCUT2D eigenvalue weighted by Crippen LogP contribution is -2.16. The summed E-state index contributed by atoms with van der Waals surface area (Å²) >= 11 is 0. The Bertz CT molecular complexity index is 839. The van der Waals surface area contributed by atoms with Crippen LogP contribution in [0.15, 0.2) is 29.1 Å². The molecule has 1 heterocycles. The molecule has 0 aliphatic carbocycles. The average molecular weight is 308 g/mol. The van der Waals surface area contributed by atoms with E-state index >= 15 is 0 Å². The molecule has 0 fully saturated rings. The second kappa shape index (κ2) is 7.26. The van der Waals surface area contributed by atoms with Crippen molar-refractivity contribution in [2.45, 2.75) is 20.0 Å². The van der Waals surface area contributed by atoms with Gasteiger partial charge >= 0.3 is 0 Å². The minimum Gasteiger partial charge on any atom is -0.384 e. The number of pyridine rings is 1. The first kappa shape index (κ1) is 16.3. The standard InChI is InChI=1S/C17H16N4O2/c1-2-7-23-10-11-3-5-12(6-4-11)15-13(8-18)16(20)21-17(22)14(15)9-19/h3-6H,2,7,10H2,1H3,(H3,20,21,22). The Labute approximate surface area is 133 Å². The molecule has 0 saturated heterocycles. The fourth-order valence-corrected chi connectivity index (χ4v) is 2.23. The summed E-state index contributed by atoms with van der Waals surface area (Å²) in [6.07, 6.45) is 0.946. The number of nitrogens with one attached hydrogen (secondary N) is 1. The molecule has 0 saturated carbocycles. The van der Waals surface area contributed by atoms with Crippen LogP contribution in [0.25, 0.3) is 11.1 Å². The number of hydrogen-bond acceptors (Lipinski definition) is 5. The number of hydrogen-bond donors (Lipinski definition) is 2. The Morgan fingerprint density at radius 1 is 1.17 bits per heavy atom. The lowest BCUT2D eigenvalue weighted by molar-refractivity contribution is 0.121. The molecule has 0 atom stereocenters. The fraction of sp³-hybridized carbons (Fsp3) is 0.235. The first-order chi connectivity index (χ1) is 11.1. The van der Waals surface area contributed by atoms with E-state index in [2.05, 4.69) is 4.98 Å². The number of benzene rings is 1. The van der Waals surface area contributed by atoms with Gasteiger partial charge in [-0.1, -0.05) is 31.2 Å². The maximum Gasteiger partial charge on any atom is 0.268 e. The van der Waals surface area contributed by atoms with Gasteiger partial charge in [0.15, 0.2) is 0 Å². The van der Waals surface area contributed by atoms with Crippen molar-refractivity contribution in [3.63, 3.8) is 0 Å². The molecule has 0 radical (unpaired) electrons. The molecule has 0 aliphatic rings. The molecular formula is C17H16N4O2. The first-order valence-corrected chi connectivity index (χ1v) is 7.15. The predicted molar refractivity (Wildman–Crippen MR) is 86.3 cm³/mol. The maximum absolute atomic E-state index is 11.9. The zero-order valence-corrected chi connectivity index (χ0v) is 12.7. The van der Waals surface area contributed by atoms with E-state index in [1.54, 1.807) is 12.1 Å². The minimum absolute atomic E-state index is 0.0399. The molecule has 1 aromatic carbocycles. The number of rotatable bonds is 5. The van der Waals surface area contributed by atoms with Gasteiger partial charge in [-0.05, 0) is 17.5 Å². The predicted octanol–water partition coefficient (Wildman–Crippen LogP) is 2.29. The molecule has 1 aromatic heterocycles. The summed E-state index contributed by atoms with van der Waals surface area (Å²) in [4.78, 5) is 14.2. The minimum atomic E-state index is -0.602. The summed E-state index contributed by atoms with van der Waals surface area (Å²) in [6, 6.07) is 11.0. The number of nitrogens with two attached hydrogens (primary N) is 1. The van der Waals surface area contributed by atoms with Crippen molar-refractivity contribution in [2.24, 2.45) is 0 Å². The van der Waals surface area contributed by atoms with E-state index in [1.165, 1.54) is 0 Å². The highest BCUT2D eigenvalue weighted by molar-refractivity contribution is 5.80. The lowest BCUT2D eigenvalue weighted by atomic mass is 9.96. The summed E-state index contributed by atoms with van der Waals surface area (Å²) in [6.45, 7) is 3.21. The van der Waals surface area contributed by atoms with Crippen LogP contribution in [0.2, 0.25) is 0 Å². The molecular weight excluding hydrogens is 292 g/mol. The molecule has 0 aliphatic heterocycles. The number of nitriles is 2. The number of H-pyrrole nitrogens is 1. The SMILES string of the molecule is CCCOCc1ccc(-c2c(C#N)c(N)[nH]c(=O)c2C#N)cc1. The maximum atomic E-state index is 11.9. The third-order valence-electron chi connectivity index (χ3n) is 3.33. The molecule has 2 aromatic rings. The van der Waals surface area contributed by atoms with Crippen molar-refractivity contribution in [1.82, 2.24) is 4.98 Å². The number of ether oxygens (including phenoxy) is 1. The molecule has 0 amide bonds. The van der Waals surface area contributed by atoms with Gasteiger partial charge in [-0.25, -0.2) is 0 Å². The molecule has 2 rings (SSSR count). The van der Waals surface area contributed by atoms with Crippen molar-refractivity contribution < 1.29 is 4.74 Å². The Morgan fingerprint density at radius 3 is 2.39 bits per heavy atom. The third-order valence-corrected chi connectivity index (χ3v) is 3.33. The smallest absolute Gasteiger partial charge is 0.268 e. The van der Waals surface area contributed by atoms with E-state index in [9.17, 15) is 15.3 Å². The second-order valence-corrected chi connectivity index (χ2v) is 4.97. The Kier molecular flexibility index (Phi) is 5.14. The first-order valence-electron chi connectivity index (χ1n) is 7.15. The summed E-state index contributed by atoms with van der Waals surface area (Å²) in [5.74, 6) is -0.0399. The Hall–Kier alpha value is -3.09. The highest BCUT2D eigenvalue weighted by Gasteiger charge is 2.17. The fourth-order valence-electron chi connectivity index (χ4n) is 2.23. The van der Waals surface area contributed by atoms with Gasteiger partial charge in [-0.15, -0.1) is 0 Å². The largest absolute Gasteiger partial charge is 0.384 e. The van der Waals surface area contributed by atoms with Crippen LogP contribution in [0.4, 0.5) is 5.82 Å². The topological polar surface area (TPSA) is 116 Å². The summed E-state index contributed by atoms with van der Waals surface area (Å²) in [7, 11) is 0. The van der Waals surface area contributed by atoms with Gasteiger partial charge in [-0.2, -0.15) is 10.5 Å². The van der Waals surface area contributed by atoms with Gasteiger partial charge in [0.1, 0.15) is 29.1 Å². The summed E-state index contributed by atoms with van der Waals surface area (Å²) < 4.78 is 5.46. The second-order valence-electron chi connectivity index (χ2n) is 4.97. The molecule has 0 spiro atoms. The molecule has 6 heteroatoms. The number of nitrogen functional groups attached to an aromatic ring is 1. The Balaban J connectivity index is 2.48. The number of aromatic nitrogens is 1. The third kappa shape index (κ3) is 3.39. The van der Waals surface area contributed by atoms with Gasteiger partial charge in [0.2, 0.25) is 0 Å². The van der Waals surface area contributed by atoms with Crippen molar-refractivity contribution in [1.29, 1.82) is 10.5 Å². The van der Waals surface area contributed by atoms with Crippen LogP contribution in [0.1, 0.15) is 30.0 Å². The molecule has 0 bridgehead atoms. The van der Waals surface area contributed by atoms with E-state index in [0.717, 1.165) is 12.0 Å². The van der Waals surface area contributed by atoms with Gasteiger partial charge in [0.05, 0.1) is 6.61 Å². The lowest BCUT2D eigenvalue weighted by Gasteiger charge is -2.09. The highest BCUT2D eigenvalue weighted by atomic mass is 16.5. The molecule has 0 unspecified atom stereocenters. The van der Waals surface area contributed by atoms with Crippen LogP contribution in [0, 0.1) is 22.7 Å². The van der Waals surface area contributed by atoms with Crippen LogP contribution >= 0.6 is 0 Å². The van der Waals surface area contributed by atoms with E-state index in [-0.39, 0.29) is 22.5 Å². The molecule has 23 heavy (non-hydrogen) atoms. The van der Waals surface area contributed by atoms with Crippen molar-refractivity contribution in [3.05, 3.63) is 51.3 Å². The number of aromatic amines is 1. The average Bonchev–Trinajstić information content (AvgIpc) is 2.55. The molecule has 3 N–H and O–H groups in total. The van der Waals surface area contributed by atoms with Gasteiger partial charge in [0.25, 0.3) is 5.56 Å². The van der Waals surface area contributed by atoms with Crippen LogP contribution in [-0.2, 0) is 11.3 Å². The van der Waals surface area contributed by atoms with Crippen LogP contribution < -0.4 is 11.3 Å². The molecule has 116 valence electrons. The van der Waals surface area contributed by atoms with Gasteiger partial charge < -0.3 is 15.5 Å².